The number of hydrogen-bond donors (Lipinski definition) is 3. The zero-order chi connectivity index (χ0) is 14.7. The zero-order valence-electron chi connectivity index (χ0n) is 11.5. The number of hydrazine groups is 1. The quantitative estimate of drug-likeness (QED) is 0.503. The molecule has 0 aliphatic carbocycles. The van der Waals surface area contributed by atoms with Crippen LogP contribution in [0, 0.1) is 0 Å². The van der Waals surface area contributed by atoms with Gasteiger partial charge >= 0.3 is 0 Å². The van der Waals surface area contributed by atoms with Crippen LogP contribution in [0.4, 0.5) is 5.82 Å². The molecular formula is C16H17N5. The molecule has 0 saturated heterocycles. The van der Waals surface area contributed by atoms with Gasteiger partial charge in [0.05, 0.1) is 11.7 Å². The van der Waals surface area contributed by atoms with E-state index in [1.54, 1.807) is 0 Å². The molecule has 0 fully saturated rings. The summed E-state index contributed by atoms with van der Waals surface area (Å²) in [6, 6.07) is 17.8. The maximum atomic E-state index is 6.33. The van der Waals surface area contributed by atoms with Crippen molar-refractivity contribution >= 4 is 16.6 Å². The number of aromatic nitrogens is 2. The molecule has 1 unspecified atom stereocenters. The standard InChI is InChI=1S/C16H17N5/c17-14(10-11-6-2-1-3-7-11)15-12-8-4-5-9-13(12)16(19-18)21-20-15/h1-9,14H,10,17-18H2,(H,19,21). The second-order valence-electron chi connectivity index (χ2n) is 4.92. The monoisotopic (exact) mass is 279 g/mol. The minimum absolute atomic E-state index is 0.211. The Hall–Kier alpha value is -2.50. The first-order valence-corrected chi connectivity index (χ1v) is 6.81. The van der Waals surface area contributed by atoms with E-state index in [2.05, 4.69) is 27.8 Å². The topological polar surface area (TPSA) is 89.8 Å². The van der Waals surface area contributed by atoms with Crippen molar-refractivity contribution < 1.29 is 0 Å². The van der Waals surface area contributed by atoms with E-state index in [0.717, 1.165) is 22.9 Å². The first-order valence-electron chi connectivity index (χ1n) is 6.81. The molecule has 0 aliphatic rings. The highest BCUT2D eigenvalue weighted by atomic mass is 15.3. The molecule has 5 nitrogen and oxygen atoms in total. The van der Waals surface area contributed by atoms with Gasteiger partial charge in [0, 0.05) is 10.8 Å². The van der Waals surface area contributed by atoms with E-state index < -0.39 is 0 Å². The molecule has 21 heavy (non-hydrogen) atoms. The average molecular weight is 279 g/mol. The lowest BCUT2D eigenvalue weighted by molar-refractivity contribution is 0.689. The number of nitrogen functional groups attached to an aromatic ring is 1. The molecule has 1 heterocycles. The molecule has 0 radical (unpaired) electrons. The van der Waals surface area contributed by atoms with E-state index in [1.165, 1.54) is 5.56 Å². The number of benzene rings is 2. The summed E-state index contributed by atoms with van der Waals surface area (Å²) in [6.07, 6.45) is 0.717. The molecule has 0 saturated carbocycles. The molecule has 106 valence electrons. The summed E-state index contributed by atoms with van der Waals surface area (Å²) in [7, 11) is 0. The lowest BCUT2D eigenvalue weighted by atomic mass is 10.00. The summed E-state index contributed by atoms with van der Waals surface area (Å²) in [6.45, 7) is 0. The number of nitrogens with zero attached hydrogens (tertiary/aromatic N) is 2. The van der Waals surface area contributed by atoms with Crippen LogP contribution in [0.1, 0.15) is 17.3 Å². The predicted molar refractivity (Wildman–Crippen MR) is 84.4 cm³/mol. The number of hydrogen-bond acceptors (Lipinski definition) is 5. The number of nitrogens with two attached hydrogens (primary N) is 2. The van der Waals surface area contributed by atoms with Gasteiger partial charge in [-0.2, -0.15) is 5.10 Å². The second kappa shape index (κ2) is 5.87. The van der Waals surface area contributed by atoms with Crippen LogP contribution in [0.15, 0.2) is 54.6 Å². The van der Waals surface area contributed by atoms with E-state index in [9.17, 15) is 0 Å². The smallest absolute Gasteiger partial charge is 0.170 e. The summed E-state index contributed by atoms with van der Waals surface area (Å²) in [5.41, 5.74) is 10.9. The van der Waals surface area contributed by atoms with Gasteiger partial charge in [-0.05, 0) is 12.0 Å². The number of nitrogens with one attached hydrogen (secondary N) is 1. The number of fused-ring (bicyclic) bond motifs is 1. The zero-order valence-corrected chi connectivity index (χ0v) is 11.5. The van der Waals surface area contributed by atoms with Gasteiger partial charge < -0.3 is 11.2 Å². The molecule has 1 atom stereocenters. The van der Waals surface area contributed by atoms with Crippen LogP contribution in [-0.2, 0) is 6.42 Å². The van der Waals surface area contributed by atoms with Gasteiger partial charge in [-0.15, -0.1) is 5.10 Å². The van der Waals surface area contributed by atoms with Gasteiger partial charge in [0.2, 0.25) is 0 Å². The fourth-order valence-corrected chi connectivity index (χ4v) is 2.47. The summed E-state index contributed by atoms with van der Waals surface area (Å²) >= 11 is 0. The van der Waals surface area contributed by atoms with Crippen molar-refractivity contribution in [2.45, 2.75) is 12.5 Å². The molecule has 0 bridgehead atoms. The summed E-state index contributed by atoms with van der Waals surface area (Å²) in [5.74, 6) is 6.04. The Morgan fingerprint density at radius 3 is 2.29 bits per heavy atom. The Morgan fingerprint density at radius 1 is 0.905 bits per heavy atom. The van der Waals surface area contributed by atoms with Crippen molar-refractivity contribution in [3.63, 3.8) is 0 Å². The van der Waals surface area contributed by atoms with E-state index in [-0.39, 0.29) is 6.04 Å². The lowest BCUT2D eigenvalue weighted by Crippen LogP contribution is -2.18. The highest BCUT2D eigenvalue weighted by molar-refractivity contribution is 5.93. The normalized spacial score (nSPS) is 12.3. The average Bonchev–Trinajstić information content (AvgIpc) is 2.54. The van der Waals surface area contributed by atoms with Gasteiger partial charge in [-0.1, -0.05) is 54.6 Å². The fourth-order valence-electron chi connectivity index (χ4n) is 2.47. The molecule has 0 amide bonds. The fraction of sp³-hybridized carbons (Fsp3) is 0.125. The van der Waals surface area contributed by atoms with Crippen LogP contribution in [-0.4, -0.2) is 10.2 Å². The molecule has 0 aliphatic heterocycles. The summed E-state index contributed by atoms with van der Waals surface area (Å²) < 4.78 is 0. The van der Waals surface area contributed by atoms with E-state index in [1.807, 2.05) is 42.5 Å². The largest absolute Gasteiger partial charge is 0.322 e. The van der Waals surface area contributed by atoms with Crippen molar-refractivity contribution in [2.75, 3.05) is 5.43 Å². The molecule has 3 rings (SSSR count). The van der Waals surface area contributed by atoms with Gasteiger partial charge in [-0.3, -0.25) is 0 Å². The summed E-state index contributed by atoms with van der Waals surface area (Å²) in [5, 5.41) is 10.3. The Morgan fingerprint density at radius 2 is 1.57 bits per heavy atom. The van der Waals surface area contributed by atoms with Crippen LogP contribution >= 0.6 is 0 Å². The number of anilines is 1. The maximum Gasteiger partial charge on any atom is 0.170 e. The van der Waals surface area contributed by atoms with Gasteiger partial charge in [0.15, 0.2) is 5.82 Å². The van der Waals surface area contributed by atoms with Crippen molar-refractivity contribution in [3.8, 4) is 0 Å². The SMILES string of the molecule is NNc1nnc(C(N)Cc2ccccc2)c2ccccc12. The Labute approximate surface area is 123 Å². The van der Waals surface area contributed by atoms with Crippen molar-refractivity contribution in [2.24, 2.45) is 11.6 Å². The van der Waals surface area contributed by atoms with Crippen molar-refractivity contribution in [1.82, 2.24) is 10.2 Å². The number of rotatable bonds is 4. The minimum atomic E-state index is -0.211. The molecule has 2 aromatic carbocycles. The van der Waals surface area contributed by atoms with Gasteiger partial charge in [-0.25, -0.2) is 5.84 Å². The van der Waals surface area contributed by atoms with Crippen LogP contribution in [0.2, 0.25) is 0 Å². The molecule has 5 heteroatoms. The van der Waals surface area contributed by atoms with Crippen LogP contribution in [0.3, 0.4) is 0 Å². The van der Waals surface area contributed by atoms with Gasteiger partial charge in [0.1, 0.15) is 0 Å². The third kappa shape index (κ3) is 2.69. The third-order valence-corrected chi connectivity index (χ3v) is 3.50. The first-order chi connectivity index (χ1) is 10.3. The molecule has 3 aromatic rings. The first kappa shape index (κ1) is 13.5. The van der Waals surface area contributed by atoms with E-state index in [0.29, 0.717) is 5.82 Å². The molecule has 1 aromatic heterocycles. The van der Waals surface area contributed by atoms with Crippen LogP contribution in [0.25, 0.3) is 10.8 Å². The molecular weight excluding hydrogens is 262 g/mol. The Balaban J connectivity index is 2.00. The Kier molecular flexibility index (Phi) is 3.77. The van der Waals surface area contributed by atoms with Gasteiger partial charge in [0.25, 0.3) is 0 Å². The van der Waals surface area contributed by atoms with Crippen LogP contribution < -0.4 is 17.0 Å². The lowest BCUT2D eigenvalue weighted by Gasteiger charge is -2.14. The maximum absolute atomic E-state index is 6.33. The van der Waals surface area contributed by atoms with E-state index >= 15 is 0 Å². The van der Waals surface area contributed by atoms with Crippen molar-refractivity contribution in [1.29, 1.82) is 0 Å². The van der Waals surface area contributed by atoms with Crippen molar-refractivity contribution in [3.05, 3.63) is 65.9 Å². The van der Waals surface area contributed by atoms with E-state index in [4.69, 9.17) is 11.6 Å². The highest BCUT2D eigenvalue weighted by Crippen LogP contribution is 2.26. The second-order valence-corrected chi connectivity index (χ2v) is 4.92. The molecule has 5 N–H and O–H groups in total. The third-order valence-electron chi connectivity index (χ3n) is 3.50. The minimum Gasteiger partial charge on any atom is -0.322 e. The predicted octanol–water partition coefficient (Wildman–Crippen LogP) is 2.16. The highest BCUT2D eigenvalue weighted by Gasteiger charge is 2.15. The summed E-state index contributed by atoms with van der Waals surface area (Å²) in [4.78, 5) is 0. The Bertz CT molecular complexity index is 742. The molecule has 0 spiro atoms. The van der Waals surface area contributed by atoms with Crippen LogP contribution in [0.5, 0.6) is 0 Å².